The highest BCUT2D eigenvalue weighted by Crippen LogP contribution is 2.30. The quantitative estimate of drug-likeness (QED) is 0.468. The summed E-state index contributed by atoms with van der Waals surface area (Å²) in [5.41, 5.74) is 2.58. The van der Waals surface area contributed by atoms with Gasteiger partial charge in [-0.3, -0.25) is 4.99 Å². The van der Waals surface area contributed by atoms with Crippen molar-refractivity contribution in [3.63, 3.8) is 0 Å². The van der Waals surface area contributed by atoms with Crippen LogP contribution in [0.1, 0.15) is 12.5 Å². The summed E-state index contributed by atoms with van der Waals surface area (Å²) in [6.07, 6.45) is 1.55. The normalized spacial score (nSPS) is 11.4. The SMILES string of the molecule is CCOc1cccc(C=Nc2ccc3oc(-c4ccccc4F)nc3c2)c1O. The van der Waals surface area contributed by atoms with Gasteiger partial charge in [0.15, 0.2) is 17.1 Å². The van der Waals surface area contributed by atoms with Crippen LogP contribution in [0, 0.1) is 5.82 Å². The van der Waals surface area contributed by atoms with E-state index in [9.17, 15) is 9.50 Å². The van der Waals surface area contributed by atoms with Gasteiger partial charge in [0.05, 0.1) is 17.9 Å². The average molecular weight is 376 g/mol. The lowest BCUT2D eigenvalue weighted by atomic mass is 10.2. The summed E-state index contributed by atoms with van der Waals surface area (Å²) in [5, 5.41) is 10.2. The molecule has 0 saturated carbocycles. The van der Waals surface area contributed by atoms with Crippen LogP contribution < -0.4 is 4.74 Å². The first-order valence-corrected chi connectivity index (χ1v) is 8.80. The van der Waals surface area contributed by atoms with Crippen LogP contribution >= 0.6 is 0 Å². The molecule has 0 fully saturated rings. The molecule has 3 aromatic carbocycles. The standard InChI is InChI=1S/C22H17FN2O3/c1-2-27-20-9-5-6-14(21(20)26)13-24-15-10-11-19-18(12-15)25-22(28-19)16-7-3-4-8-17(16)23/h3-13,26H,2H2,1H3. The molecule has 140 valence electrons. The minimum atomic E-state index is -0.392. The van der Waals surface area contributed by atoms with Gasteiger partial charge >= 0.3 is 0 Å². The van der Waals surface area contributed by atoms with Crippen molar-refractivity contribution in [1.29, 1.82) is 0 Å². The zero-order valence-electron chi connectivity index (χ0n) is 15.1. The van der Waals surface area contributed by atoms with Crippen LogP contribution in [0.2, 0.25) is 0 Å². The fraction of sp³-hybridized carbons (Fsp3) is 0.0909. The molecule has 0 aliphatic carbocycles. The molecule has 1 aromatic heterocycles. The van der Waals surface area contributed by atoms with Gasteiger partial charge in [-0.15, -0.1) is 0 Å². The van der Waals surface area contributed by atoms with Crippen LogP contribution in [0.25, 0.3) is 22.6 Å². The van der Waals surface area contributed by atoms with E-state index in [2.05, 4.69) is 9.98 Å². The van der Waals surface area contributed by atoms with E-state index in [0.29, 0.717) is 40.3 Å². The number of phenols is 1. The van der Waals surface area contributed by atoms with Gasteiger partial charge < -0.3 is 14.3 Å². The van der Waals surface area contributed by atoms with Gasteiger partial charge in [-0.25, -0.2) is 9.37 Å². The lowest BCUT2D eigenvalue weighted by Gasteiger charge is -2.07. The molecule has 1 N–H and O–H groups in total. The number of fused-ring (bicyclic) bond motifs is 1. The van der Waals surface area contributed by atoms with Crippen molar-refractivity contribution in [1.82, 2.24) is 4.98 Å². The predicted molar refractivity (Wildman–Crippen MR) is 106 cm³/mol. The second kappa shape index (κ2) is 7.52. The minimum absolute atomic E-state index is 0.0393. The van der Waals surface area contributed by atoms with Crippen LogP contribution in [0.5, 0.6) is 11.5 Å². The minimum Gasteiger partial charge on any atom is -0.504 e. The monoisotopic (exact) mass is 376 g/mol. The molecule has 5 nitrogen and oxygen atoms in total. The summed E-state index contributed by atoms with van der Waals surface area (Å²) in [6.45, 7) is 2.31. The van der Waals surface area contributed by atoms with Gasteiger partial charge in [-0.2, -0.15) is 0 Å². The Morgan fingerprint density at radius 2 is 2.00 bits per heavy atom. The van der Waals surface area contributed by atoms with Gasteiger partial charge in [0, 0.05) is 11.8 Å². The number of para-hydroxylation sites is 1. The highest BCUT2D eigenvalue weighted by atomic mass is 19.1. The summed E-state index contributed by atoms with van der Waals surface area (Å²) < 4.78 is 25.0. The Kier molecular flexibility index (Phi) is 4.76. The van der Waals surface area contributed by atoms with Crippen LogP contribution in [0.3, 0.4) is 0 Å². The first-order valence-electron chi connectivity index (χ1n) is 8.80. The Balaban J connectivity index is 1.65. The first-order chi connectivity index (χ1) is 13.7. The summed E-state index contributed by atoms with van der Waals surface area (Å²) in [4.78, 5) is 8.76. The number of halogens is 1. The molecule has 0 aliphatic heterocycles. The fourth-order valence-corrected chi connectivity index (χ4v) is 2.81. The molecule has 0 aliphatic rings. The maximum absolute atomic E-state index is 14.0. The van der Waals surface area contributed by atoms with E-state index in [4.69, 9.17) is 9.15 Å². The lowest BCUT2D eigenvalue weighted by Crippen LogP contribution is -1.93. The first kappa shape index (κ1) is 17.7. The molecule has 0 saturated heterocycles. The zero-order chi connectivity index (χ0) is 19.5. The maximum Gasteiger partial charge on any atom is 0.230 e. The Bertz CT molecular complexity index is 1170. The van der Waals surface area contributed by atoms with Crippen molar-refractivity contribution < 1.29 is 18.7 Å². The molecule has 0 amide bonds. The second-order valence-electron chi connectivity index (χ2n) is 6.04. The van der Waals surface area contributed by atoms with Gasteiger partial charge in [0.2, 0.25) is 5.89 Å². The Morgan fingerprint density at radius 1 is 1.14 bits per heavy atom. The van der Waals surface area contributed by atoms with Crippen LogP contribution in [-0.4, -0.2) is 22.9 Å². The van der Waals surface area contributed by atoms with E-state index in [0.717, 1.165) is 0 Å². The average Bonchev–Trinajstić information content (AvgIpc) is 3.12. The van der Waals surface area contributed by atoms with Gasteiger partial charge in [-0.05, 0) is 49.4 Å². The van der Waals surface area contributed by atoms with Crippen LogP contribution in [-0.2, 0) is 0 Å². The molecule has 4 aromatic rings. The van der Waals surface area contributed by atoms with E-state index >= 15 is 0 Å². The fourth-order valence-electron chi connectivity index (χ4n) is 2.81. The number of rotatable bonds is 5. The number of aromatic hydroxyl groups is 1. The number of nitrogens with zero attached hydrogens (tertiary/aromatic N) is 2. The number of aliphatic imine (C=N–C) groups is 1. The van der Waals surface area contributed by atoms with Crippen LogP contribution in [0.4, 0.5) is 10.1 Å². The highest BCUT2D eigenvalue weighted by molar-refractivity contribution is 5.88. The van der Waals surface area contributed by atoms with Crippen molar-refractivity contribution in [2.45, 2.75) is 6.92 Å². The molecule has 0 spiro atoms. The number of phenolic OH excluding ortho intramolecular Hbond substituents is 1. The molecular formula is C22H17FN2O3. The zero-order valence-corrected chi connectivity index (χ0v) is 15.1. The Morgan fingerprint density at radius 3 is 2.82 bits per heavy atom. The van der Waals surface area contributed by atoms with E-state index in [1.807, 2.05) is 6.92 Å². The van der Waals surface area contributed by atoms with Crippen molar-refractivity contribution in [2.24, 2.45) is 4.99 Å². The number of hydrogen-bond donors (Lipinski definition) is 1. The second-order valence-corrected chi connectivity index (χ2v) is 6.04. The molecule has 0 bridgehead atoms. The third-order valence-electron chi connectivity index (χ3n) is 4.16. The molecule has 28 heavy (non-hydrogen) atoms. The summed E-state index contributed by atoms with van der Waals surface area (Å²) in [7, 11) is 0. The van der Waals surface area contributed by atoms with Crippen molar-refractivity contribution in [2.75, 3.05) is 6.61 Å². The molecule has 6 heteroatoms. The molecule has 0 radical (unpaired) electrons. The number of ether oxygens (including phenoxy) is 1. The third kappa shape index (κ3) is 3.44. The molecule has 0 atom stereocenters. The number of benzene rings is 3. The lowest BCUT2D eigenvalue weighted by molar-refractivity contribution is 0.318. The van der Waals surface area contributed by atoms with Crippen molar-refractivity contribution in [3.8, 4) is 23.0 Å². The number of aromatic nitrogens is 1. The van der Waals surface area contributed by atoms with Gasteiger partial charge in [0.25, 0.3) is 0 Å². The maximum atomic E-state index is 14.0. The summed E-state index contributed by atoms with van der Waals surface area (Å²) in [6, 6.07) is 16.8. The molecule has 0 unspecified atom stereocenters. The van der Waals surface area contributed by atoms with Crippen molar-refractivity contribution >= 4 is 23.0 Å². The van der Waals surface area contributed by atoms with E-state index < -0.39 is 5.82 Å². The highest BCUT2D eigenvalue weighted by Gasteiger charge is 2.12. The largest absolute Gasteiger partial charge is 0.504 e. The van der Waals surface area contributed by atoms with E-state index in [1.165, 1.54) is 6.07 Å². The van der Waals surface area contributed by atoms with Crippen molar-refractivity contribution in [3.05, 3.63) is 72.0 Å². The molecular weight excluding hydrogens is 359 g/mol. The Labute approximate surface area is 160 Å². The van der Waals surface area contributed by atoms with Gasteiger partial charge in [-0.1, -0.05) is 18.2 Å². The smallest absolute Gasteiger partial charge is 0.230 e. The van der Waals surface area contributed by atoms with Crippen LogP contribution in [0.15, 0.2) is 70.1 Å². The third-order valence-corrected chi connectivity index (χ3v) is 4.16. The summed E-state index contributed by atoms with van der Waals surface area (Å²) >= 11 is 0. The van der Waals surface area contributed by atoms with E-state index in [-0.39, 0.29) is 11.6 Å². The molecule has 1 heterocycles. The Hall–Kier alpha value is -3.67. The molecule has 4 rings (SSSR count). The number of oxazole rings is 1. The number of hydrogen-bond acceptors (Lipinski definition) is 5. The van der Waals surface area contributed by atoms with E-state index in [1.54, 1.807) is 60.8 Å². The topological polar surface area (TPSA) is 67.9 Å². The summed E-state index contributed by atoms with van der Waals surface area (Å²) in [5.74, 6) is 0.277. The predicted octanol–water partition coefficient (Wildman–Crippen LogP) is 5.49. The van der Waals surface area contributed by atoms with Gasteiger partial charge in [0.1, 0.15) is 11.3 Å².